The number of carbonyl (C=O) groups excluding carboxylic acids is 1. The average molecular weight is 256 g/mol. The zero-order chi connectivity index (χ0) is 13.6. The Balaban J connectivity index is 2.29. The van der Waals surface area contributed by atoms with Crippen LogP contribution in [0.1, 0.15) is 51.9 Å². The molecule has 1 unspecified atom stereocenters. The van der Waals surface area contributed by atoms with Crippen molar-refractivity contribution in [2.45, 2.75) is 57.4 Å². The molecule has 1 aliphatic rings. The lowest BCUT2D eigenvalue weighted by molar-refractivity contribution is -0.137. The molecule has 1 atom stereocenters. The lowest BCUT2D eigenvalue weighted by Gasteiger charge is -2.32. The van der Waals surface area contributed by atoms with Gasteiger partial charge < -0.3 is 16.2 Å². The van der Waals surface area contributed by atoms with Crippen LogP contribution in [0.15, 0.2) is 0 Å². The fraction of sp³-hybridized carbons (Fsp3) is 0.846. The summed E-state index contributed by atoms with van der Waals surface area (Å²) < 4.78 is 0. The van der Waals surface area contributed by atoms with Crippen LogP contribution < -0.4 is 11.1 Å². The Morgan fingerprint density at radius 2 is 1.94 bits per heavy atom. The SMILES string of the molecule is CC(CCC(=O)O)CNC(=O)C1(N)CCCCC1. The van der Waals surface area contributed by atoms with Gasteiger partial charge in [-0.15, -0.1) is 0 Å². The smallest absolute Gasteiger partial charge is 0.303 e. The molecule has 0 aromatic rings. The summed E-state index contributed by atoms with van der Waals surface area (Å²) >= 11 is 0. The van der Waals surface area contributed by atoms with Crippen molar-refractivity contribution >= 4 is 11.9 Å². The van der Waals surface area contributed by atoms with Gasteiger partial charge in [0.05, 0.1) is 5.54 Å². The summed E-state index contributed by atoms with van der Waals surface area (Å²) in [6.45, 7) is 2.44. The Kier molecular flexibility index (Phi) is 5.59. The Labute approximate surface area is 108 Å². The van der Waals surface area contributed by atoms with Gasteiger partial charge in [0.15, 0.2) is 0 Å². The van der Waals surface area contributed by atoms with Crippen LogP contribution in [0.2, 0.25) is 0 Å². The summed E-state index contributed by atoms with van der Waals surface area (Å²) in [5.74, 6) is -0.711. The fourth-order valence-corrected chi connectivity index (χ4v) is 2.32. The van der Waals surface area contributed by atoms with E-state index >= 15 is 0 Å². The van der Waals surface area contributed by atoms with Crippen LogP contribution >= 0.6 is 0 Å². The molecule has 1 fully saturated rings. The van der Waals surface area contributed by atoms with Gasteiger partial charge in [-0.05, 0) is 25.2 Å². The van der Waals surface area contributed by atoms with Gasteiger partial charge in [-0.1, -0.05) is 26.2 Å². The van der Waals surface area contributed by atoms with Crippen molar-refractivity contribution in [2.24, 2.45) is 11.7 Å². The predicted molar refractivity (Wildman–Crippen MR) is 69.0 cm³/mol. The quantitative estimate of drug-likeness (QED) is 0.667. The predicted octanol–water partition coefficient (Wildman–Crippen LogP) is 1.27. The van der Waals surface area contributed by atoms with Crippen LogP contribution in [0.4, 0.5) is 0 Å². The molecule has 1 rings (SSSR count). The number of nitrogens with one attached hydrogen (secondary N) is 1. The second-order valence-corrected chi connectivity index (χ2v) is 5.46. The highest BCUT2D eigenvalue weighted by molar-refractivity contribution is 5.86. The third kappa shape index (κ3) is 4.64. The molecular formula is C13H24N2O3. The lowest BCUT2D eigenvalue weighted by atomic mass is 9.82. The summed E-state index contributed by atoms with van der Waals surface area (Å²) in [6, 6.07) is 0. The first-order valence-corrected chi connectivity index (χ1v) is 6.73. The molecule has 0 aliphatic heterocycles. The second kappa shape index (κ2) is 6.73. The van der Waals surface area contributed by atoms with Gasteiger partial charge in [0.25, 0.3) is 0 Å². The molecule has 5 heteroatoms. The van der Waals surface area contributed by atoms with E-state index < -0.39 is 11.5 Å². The van der Waals surface area contributed by atoms with Crippen molar-refractivity contribution in [3.63, 3.8) is 0 Å². The zero-order valence-corrected chi connectivity index (χ0v) is 11.1. The Hall–Kier alpha value is -1.10. The minimum Gasteiger partial charge on any atom is -0.481 e. The number of carboxylic acids is 1. The Morgan fingerprint density at radius 3 is 2.50 bits per heavy atom. The number of hydrogen-bond donors (Lipinski definition) is 3. The molecule has 0 aromatic heterocycles. The van der Waals surface area contributed by atoms with Crippen molar-refractivity contribution in [3.8, 4) is 0 Å². The molecule has 0 heterocycles. The van der Waals surface area contributed by atoms with Crippen LogP contribution in [-0.2, 0) is 9.59 Å². The molecule has 0 radical (unpaired) electrons. The van der Waals surface area contributed by atoms with Gasteiger partial charge in [0.1, 0.15) is 0 Å². The molecule has 0 bridgehead atoms. The molecule has 1 aliphatic carbocycles. The monoisotopic (exact) mass is 256 g/mol. The number of hydrogen-bond acceptors (Lipinski definition) is 3. The summed E-state index contributed by atoms with van der Waals surface area (Å²) in [4.78, 5) is 22.4. The van der Waals surface area contributed by atoms with E-state index in [9.17, 15) is 9.59 Å². The maximum absolute atomic E-state index is 12.0. The van der Waals surface area contributed by atoms with E-state index in [0.717, 1.165) is 32.1 Å². The van der Waals surface area contributed by atoms with Crippen LogP contribution in [0, 0.1) is 5.92 Å². The molecule has 1 amide bonds. The molecule has 0 spiro atoms. The molecule has 0 saturated heterocycles. The summed E-state index contributed by atoms with van der Waals surface area (Å²) in [5.41, 5.74) is 5.40. The van der Waals surface area contributed by atoms with Gasteiger partial charge in [-0.25, -0.2) is 0 Å². The molecule has 5 nitrogen and oxygen atoms in total. The topological polar surface area (TPSA) is 92.4 Å². The van der Waals surface area contributed by atoms with Crippen LogP contribution in [0.25, 0.3) is 0 Å². The van der Waals surface area contributed by atoms with Crippen molar-refractivity contribution in [3.05, 3.63) is 0 Å². The summed E-state index contributed by atoms with van der Waals surface area (Å²) in [6.07, 6.45) is 5.40. The summed E-state index contributed by atoms with van der Waals surface area (Å²) in [7, 11) is 0. The molecule has 1 saturated carbocycles. The first-order chi connectivity index (χ1) is 8.44. The molecule has 4 N–H and O–H groups in total. The van der Waals surface area contributed by atoms with Crippen LogP contribution in [-0.4, -0.2) is 29.1 Å². The van der Waals surface area contributed by atoms with E-state index in [4.69, 9.17) is 10.8 Å². The van der Waals surface area contributed by atoms with Gasteiger partial charge in [0.2, 0.25) is 5.91 Å². The maximum atomic E-state index is 12.0. The van der Waals surface area contributed by atoms with Gasteiger partial charge in [0, 0.05) is 13.0 Å². The number of rotatable bonds is 6. The molecule has 0 aromatic carbocycles. The lowest BCUT2D eigenvalue weighted by Crippen LogP contribution is -2.55. The number of nitrogens with two attached hydrogens (primary N) is 1. The van der Waals surface area contributed by atoms with Gasteiger partial charge in [-0.2, -0.15) is 0 Å². The zero-order valence-electron chi connectivity index (χ0n) is 11.1. The third-order valence-electron chi connectivity index (χ3n) is 3.66. The van der Waals surface area contributed by atoms with E-state index in [2.05, 4.69) is 5.32 Å². The van der Waals surface area contributed by atoms with Crippen molar-refractivity contribution in [1.29, 1.82) is 0 Å². The number of carbonyl (C=O) groups is 2. The van der Waals surface area contributed by atoms with Gasteiger partial charge in [-0.3, -0.25) is 9.59 Å². The minimum atomic E-state index is -0.796. The average Bonchev–Trinajstić information content (AvgIpc) is 2.34. The maximum Gasteiger partial charge on any atom is 0.303 e. The number of amides is 1. The molecule has 104 valence electrons. The largest absolute Gasteiger partial charge is 0.481 e. The number of aliphatic carboxylic acids is 1. The van der Waals surface area contributed by atoms with E-state index in [1.54, 1.807) is 0 Å². The van der Waals surface area contributed by atoms with E-state index in [1.807, 2.05) is 6.92 Å². The van der Waals surface area contributed by atoms with E-state index in [-0.39, 0.29) is 18.2 Å². The normalized spacial score (nSPS) is 20.1. The second-order valence-electron chi connectivity index (χ2n) is 5.46. The minimum absolute atomic E-state index is 0.0793. The van der Waals surface area contributed by atoms with Crippen molar-refractivity contribution in [2.75, 3.05) is 6.54 Å². The Morgan fingerprint density at radius 1 is 1.33 bits per heavy atom. The van der Waals surface area contributed by atoms with E-state index in [0.29, 0.717) is 13.0 Å². The summed E-state index contributed by atoms with van der Waals surface area (Å²) in [5, 5.41) is 11.4. The van der Waals surface area contributed by atoms with E-state index in [1.165, 1.54) is 0 Å². The van der Waals surface area contributed by atoms with Gasteiger partial charge >= 0.3 is 5.97 Å². The first kappa shape index (κ1) is 15.0. The van der Waals surface area contributed by atoms with Crippen molar-refractivity contribution < 1.29 is 14.7 Å². The number of carboxylic acid groups (broad SMARTS) is 1. The molecular weight excluding hydrogens is 232 g/mol. The third-order valence-corrected chi connectivity index (χ3v) is 3.66. The van der Waals surface area contributed by atoms with Crippen molar-refractivity contribution in [1.82, 2.24) is 5.32 Å². The first-order valence-electron chi connectivity index (χ1n) is 6.73. The Bertz CT molecular complexity index is 299. The van der Waals surface area contributed by atoms with Crippen LogP contribution in [0.5, 0.6) is 0 Å². The standard InChI is InChI=1S/C13H24N2O3/c1-10(5-6-11(16)17)9-15-12(18)13(14)7-3-2-4-8-13/h10H,2-9,14H2,1H3,(H,15,18)(H,16,17). The highest BCUT2D eigenvalue weighted by Gasteiger charge is 2.34. The highest BCUT2D eigenvalue weighted by atomic mass is 16.4. The van der Waals surface area contributed by atoms with Crippen LogP contribution in [0.3, 0.4) is 0 Å². The highest BCUT2D eigenvalue weighted by Crippen LogP contribution is 2.25. The molecule has 18 heavy (non-hydrogen) atoms. The fourth-order valence-electron chi connectivity index (χ4n) is 2.32.